The Morgan fingerprint density at radius 3 is 1.32 bits per heavy atom. The minimum atomic E-state index is 1.25. The maximum Gasteiger partial charge on any atom is 0.0440 e. The Morgan fingerprint density at radius 1 is 0.227 bits per heavy atom. The van der Waals surface area contributed by atoms with Crippen LogP contribution in [0.3, 0.4) is 0 Å². The molecule has 0 unspecified atom stereocenters. The zero-order valence-corrected chi connectivity index (χ0v) is 37.2. The van der Waals surface area contributed by atoms with Crippen LogP contribution in [0, 0.1) is 0 Å². The fourth-order valence-corrected chi connectivity index (χ4v) is 14.1. The minimum absolute atomic E-state index is 1.25. The van der Waals surface area contributed by atoms with Gasteiger partial charge in [-0.25, -0.2) is 0 Å². The molecule has 0 aliphatic heterocycles. The molecule has 0 saturated heterocycles. The van der Waals surface area contributed by atoms with Crippen LogP contribution in [0.2, 0.25) is 0 Å². The molecule has 2 aromatic heterocycles. The Hall–Kier alpha value is -7.88. The van der Waals surface area contributed by atoms with Crippen molar-refractivity contribution < 1.29 is 0 Å². The zero-order chi connectivity index (χ0) is 43.0. The molecular weight excluding hydrogens is 833 g/mol. The third kappa shape index (κ3) is 5.08. The van der Waals surface area contributed by atoms with Crippen molar-refractivity contribution in [2.45, 2.75) is 0 Å². The average Bonchev–Trinajstić information content (AvgIpc) is 3.98. The first-order valence-corrected chi connectivity index (χ1v) is 24.4. The minimum Gasteiger partial charge on any atom is -0.135 e. The maximum absolute atomic E-state index is 2.47. The van der Waals surface area contributed by atoms with Gasteiger partial charge in [-0.05, 0) is 122 Å². The van der Waals surface area contributed by atoms with E-state index in [9.17, 15) is 0 Å². The highest BCUT2D eigenvalue weighted by atomic mass is 32.1. The van der Waals surface area contributed by atoms with Crippen LogP contribution in [0.4, 0.5) is 0 Å². The second kappa shape index (κ2) is 13.8. The molecule has 0 aliphatic rings. The topological polar surface area (TPSA) is 0 Å². The van der Waals surface area contributed by atoms with Crippen molar-refractivity contribution in [3.63, 3.8) is 0 Å². The fourth-order valence-electron chi connectivity index (χ4n) is 11.5. The predicted octanol–water partition coefficient (Wildman–Crippen LogP) is 19.5. The summed E-state index contributed by atoms with van der Waals surface area (Å²) in [6, 6.07) is 81.9. The second-order valence-electron chi connectivity index (χ2n) is 17.8. The molecule has 0 radical (unpaired) electrons. The number of benzene rings is 13. The molecule has 2 heteroatoms. The van der Waals surface area contributed by atoms with E-state index in [0.717, 1.165) is 0 Å². The molecular formula is C64H36S2. The lowest BCUT2D eigenvalue weighted by molar-refractivity contribution is 1.69. The van der Waals surface area contributed by atoms with Gasteiger partial charge in [0, 0.05) is 51.1 Å². The third-order valence-electron chi connectivity index (χ3n) is 14.4. The van der Waals surface area contributed by atoms with Crippen LogP contribution in [0.25, 0.3) is 149 Å². The molecule has 0 bridgehead atoms. The zero-order valence-electron chi connectivity index (χ0n) is 35.6. The molecule has 0 N–H and O–H groups in total. The number of hydrogen-bond donors (Lipinski definition) is 0. The van der Waals surface area contributed by atoms with Crippen LogP contribution in [-0.2, 0) is 0 Å². The molecule has 0 aliphatic carbocycles. The van der Waals surface area contributed by atoms with Crippen molar-refractivity contribution >= 4 is 138 Å². The standard InChI is InChI=1S/C64H36S2/c1-2-15-38-34-40(29-28-37(38)14-1)58-48-21-8-10-23-50(48)59(51-24-11-9-22-49(51)58)41-31-33-57-56(36-41)53-27-13-26-42(62(53)65-57)39-30-32-54-55(35-39)45-18-4-7-20-47(45)61-60-46-19-6-3-16-43(46)44-17-5-12-25-52(44)63(60)66-64(54)61/h1-36H. The van der Waals surface area contributed by atoms with Crippen molar-refractivity contribution in [2.24, 2.45) is 0 Å². The van der Waals surface area contributed by atoms with E-state index < -0.39 is 0 Å². The highest BCUT2D eigenvalue weighted by Gasteiger charge is 2.21. The predicted molar refractivity (Wildman–Crippen MR) is 291 cm³/mol. The summed E-state index contributed by atoms with van der Waals surface area (Å²) < 4.78 is 5.37. The van der Waals surface area contributed by atoms with Gasteiger partial charge in [-0.3, -0.25) is 0 Å². The molecule has 15 rings (SSSR count). The van der Waals surface area contributed by atoms with E-state index in [2.05, 4.69) is 218 Å². The van der Waals surface area contributed by atoms with Gasteiger partial charge >= 0.3 is 0 Å². The van der Waals surface area contributed by atoms with Crippen LogP contribution >= 0.6 is 22.7 Å². The summed E-state index contributed by atoms with van der Waals surface area (Å²) in [6.45, 7) is 0. The Morgan fingerprint density at radius 2 is 0.667 bits per heavy atom. The number of thiophene rings is 2. The lowest BCUT2D eigenvalue weighted by Crippen LogP contribution is -1.91. The molecule has 0 fully saturated rings. The first-order chi connectivity index (χ1) is 32.7. The van der Waals surface area contributed by atoms with Gasteiger partial charge in [0.15, 0.2) is 0 Å². The monoisotopic (exact) mass is 868 g/mol. The van der Waals surface area contributed by atoms with E-state index >= 15 is 0 Å². The summed E-state index contributed by atoms with van der Waals surface area (Å²) in [6.07, 6.45) is 0. The second-order valence-corrected chi connectivity index (χ2v) is 19.9. The van der Waals surface area contributed by atoms with Crippen LogP contribution in [0.15, 0.2) is 218 Å². The van der Waals surface area contributed by atoms with E-state index in [-0.39, 0.29) is 0 Å². The summed E-state index contributed by atoms with van der Waals surface area (Å²) in [5, 5.41) is 23.5. The van der Waals surface area contributed by atoms with Gasteiger partial charge in [-0.1, -0.05) is 194 Å². The average molecular weight is 869 g/mol. The molecule has 2 heterocycles. The van der Waals surface area contributed by atoms with Gasteiger partial charge in [-0.2, -0.15) is 0 Å². The van der Waals surface area contributed by atoms with Crippen molar-refractivity contribution in [3.05, 3.63) is 218 Å². The molecule has 13 aromatic carbocycles. The van der Waals surface area contributed by atoms with Crippen molar-refractivity contribution in [1.82, 2.24) is 0 Å². The molecule has 0 amide bonds. The summed E-state index contributed by atoms with van der Waals surface area (Å²) >= 11 is 3.87. The number of hydrogen-bond acceptors (Lipinski definition) is 2. The van der Waals surface area contributed by atoms with Crippen LogP contribution < -0.4 is 0 Å². The molecule has 66 heavy (non-hydrogen) atoms. The normalized spacial score (nSPS) is 12.2. The molecule has 304 valence electrons. The summed E-state index contributed by atoms with van der Waals surface area (Å²) in [7, 11) is 0. The molecule has 15 aromatic rings. The van der Waals surface area contributed by atoms with Crippen LogP contribution in [0.5, 0.6) is 0 Å². The largest absolute Gasteiger partial charge is 0.135 e. The first-order valence-electron chi connectivity index (χ1n) is 22.7. The molecule has 0 saturated carbocycles. The maximum atomic E-state index is 2.47. The Labute approximate surface area is 387 Å². The summed E-state index contributed by atoms with van der Waals surface area (Å²) in [5.41, 5.74) is 7.61. The lowest BCUT2D eigenvalue weighted by atomic mass is 9.85. The lowest BCUT2D eigenvalue weighted by Gasteiger charge is -2.18. The highest BCUT2D eigenvalue weighted by molar-refractivity contribution is 7.28. The Balaban J connectivity index is 0.931. The van der Waals surface area contributed by atoms with E-state index in [0.29, 0.717) is 0 Å². The fraction of sp³-hybridized carbons (Fsp3) is 0. The van der Waals surface area contributed by atoms with E-state index in [4.69, 9.17) is 0 Å². The van der Waals surface area contributed by atoms with Gasteiger partial charge in [0.05, 0.1) is 0 Å². The van der Waals surface area contributed by atoms with Gasteiger partial charge in [0.2, 0.25) is 0 Å². The number of fused-ring (bicyclic) bond motifs is 19. The molecule has 0 nitrogen and oxygen atoms in total. The third-order valence-corrected chi connectivity index (χ3v) is 16.9. The van der Waals surface area contributed by atoms with Crippen molar-refractivity contribution in [1.29, 1.82) is 0 Å². The SMILES string of the molecule is c1ccc2cc(-c3c4ccccc4c(-c4ccc5sc6c(-c7ccc8c(c7)c7ccccc7c7c8sc8c9ccccc9c9ccccc9c87)cccc6c5c4)c4ccccc34)ccc2c1. The van der Waals surface area contributed by atoms with Gasteiger partial charge in [-0.15, -0.1) is 22.7 Å². The van der Waals surface area contributed by atoms with Crippen molar-refractivity contribution in [2.75, 3.05) is 0 Å². The van der Waals surface area contributed by atoms with Gasteiger partial charge < -0.3 is 0 Å². The summed E-state index contributed by atoms with van der Waals surface area (Å²) in [4.78, 5) is 0. The van der Waals surface area contributed by atoms with Gasteiger partial charge in [0.1, 0.15) is 0 Å². The van der Waals surface area contributed by atoms with Crippen LogP contribution in [-0.4, -0.2) is 0 Å². The number of rotatable bonds is 3. The smallest absolute Gasteiger partial charge is 0.0440 e. The van der Waals surface area contributed by atoms with Crippen LogP contribution in [0.1, 0.15) is 0 Å². The summed E-state index contributed by atoms with van der Waals surface area (Å²) in [5.74, 6) is 0. The van der Waals surface area contributed by atoms with E-state index in [1.54, 1.807) is 0 Å². The van der Waals surface area contributed by atoms with E-state index in [1.807, 2.05) is 22.7 Å². The van der Waals surface area contributed by atoms with E-state index in [1.165, 1.54) is 149 Å². The highest BCUT2D eigenvalue weighted by Crippen LogP contribution is 2.51. The quantitative estimate of drug-likeness (QED) is 0.123. The Kier molecular flexibility index (Phi) is 7.63. The molecule has 0 atom stereocenters. The molecule has 0 spiro atoms. The van der Waals surface area contributed by atoms with Crippen molar-refractivity contribution in [3.8, 4) is 33.4 Å². The first kappa shape index (κ1) is 36.5. The van der Waals surface area contributed by atoms with Gasteiger partial charge in [0.25, 0.3) is 0 Å². The Bertz CT molecular complexity index is 4530.